The van der Waals surface area contributed by atoms with Crippen molar-refractivity contribution in [3.05, 3.63) is 82.4 Å². The van der Waals surface area contributed by atoms with Gasteiger partial charge in [0.2, 0.25) is 0 Å². The molecule has 0 unspecified atom stereocenters. The zero-order chi connectivity index (χ0) is 34.9. The molecule has 2 aromatic carbocycles. The van der Waals surface area contributed by atoms with Crippen LogP contribution < -0.4 is 15.7 Å². The van der Waals surface area contributed by atoms with Crippen molar-refractivity contribution in [3.8, 4) is 34.3 Å². The minimum atomic E-state index is -0.937. The van der Waals surface area contributed by atoms with E-state index in [0.717, 1.165) is 30.3 Å². The molecule has 2 aliphatic heterocycles. The molecule has 0 aliphatic carbocycles. The van der Waals surface area contributed by atoms with E-state index in [-0.39, 0.29) is 64.2 Å². The molecule has 258 valence electrons. The number of fused-ring (bicyclic) bond motifs is 4. The van der Waals surface area contributed by atoms with Crippen molar-refractivity contribution < 1.29 is 23.0 Å². The van der Waals surface area contributed by atoms with E-state index in [1.807, 2.05) is 18.3 Å². The smallest absolute Gasteiger partial charge is 0.349 e. The van der Waals surface area contributed by atoms with E-state index in [1.54, 1.807) is 13.1 Å². The fraction of sp³-hybridized carbons (Fsp3) is 0.278. The van der Waals surface area contributed by atoms with E-state index in [0.29, 0.717) is 34.9 Å². The zero-order valence-corrected chi connectivity index (χ0v) is 27.3. The lowest BCUT2D eigenvalue weighted by Crippen LogP contribution is -2.43. The maximum atomic E-state index is 15.5. The van der Waals surface area contributed by atoms with Gasteiger partial charge in [0, 0.05) is 59.4 Å². The molecule has 0 bridgehead atoms. The molecule has 2 saturated heterocycles. The van der Waals surface area contributed by atoms with E-state index < -0.39 is 23.2 Å². The first-order valence-electron chi connectivity index (χ1n) is 16.6. The Kier molecular flexibility index (Phi) is 7.20. The first kappa shape index (κ1) is 31.1. The van der Waals surface area contributed by atoms with Crippen LogP contribution in [0, 0.1) is 12.7 Å². The summed E-state index contributed by atoms with van der Waals surface area (Å²) in [5.41, 5.74) is 1.64. The van der Waals surface area contributed by atoms with Crippen molar-refractivity contribution in [1.29, 1.82) is 0 Å². The number of rotatable bonds is 8. The highest BCUT2D eigenvalue weighted by atomic mass is 19.1. The summed E-state index contributed by atoms with van der Waals surface area (Å²) < 4.78 is 42.4. The lowest BCUT2D eigenvalue weighted by atomic mass is 9.93. The number of benzene rings is 2. The molecule has 4 N–H and O–H groups in total. The van der Waals surface area contributed by atoms with Gasteiger partial charge < -0.3 is 24.6 Å². The molecule has 0 saturated carbocycles. The Hall–Kier alpha value is -5.96. The molecule has 2 aliphatic rings. The van der Waals surface area contributed by atoms with Gasteiger partial charge in [-0.15, -0.1) is 0 Å². The maximum absolute atomic E-state index is 15.5. The Balaban J connectivity index is 1.21. The number of halogens is 2. The van der Waals surface area contributed by atoms with Crippen LogP contribution in [0.4, 0.5) is 14.6 Å². The third kappa shape index (κ3) is 5.14. The number of pyridine rings is 1. The molecule has 2 fully saturated rings. The highest BCUT2D eigenvalue weighted by molar-refractivity contribution is 6.07. The molecule has 7 aromatic rings. The minimum absolute atomic E-state index is 0.00359. The van der Waals surface area contributed by atoms with Gasteiger partial charge in [-0.25, -0.2) is 18.6 Å². The molecule has 0 amide bonds. The van der Waals surface area contributed by atoms with E-state index in [9.17, 15) is 14.3 Å². The molecular formula is C36H31F2N9O4. The molecular weight excluding hydrogens is 660 g/mol. The number of aromatic nitrogens is 7. The maximum Gasteiger partial charge on any atom is 0.349 e. The lowest BCUT2D eigenvalue weighted by Gasteiger charge is -2.30. The number of nitrogens with zero attached hydrogens (tertiary/aromatic N) is 6. The number of aromatic hydroxyl groups is 1. The number of aromatic amines is 2. The number of phenolic OH excluding ortho intramolecular Hbond substituents is 1. The molecule has 13 nitrogen and oxygen atoms in total. The van der Waals surface area contributed by atoms with Crippen LogP contribution in [0.1, 0.15) is 30.4 Å². The third-order valence-electron chi connectivity index (χ3n) is 10.2. The zero-order valence-electron chi connectivity index (χ0n) is 27.3. The number of hydrogen-bond donors (Lipinski definition) is 4. The van der Waals surface area contributed by atoms with Crippen LogP contribution in [0.25, 0.3) is 55.3 Å². The molecule has 51 heavy (non-hydrogen) atoms. The van der Waals surface area contributed by atoms with Gasteiger partial charge in [0.1, 0.15) is 52.7 Å². The predicted molar refractivity (Wildman–Crippen MR) is 185 cm³/mol. The van der Waals surface area contributed by atoms with Crippen LogP contribution in [0.3, 0.4) is 0 Å². The molecule has 5 aromatic heterocycles. The van der Waals surface area contributed by atoms with Gasteiger partial charge in [-0.05, 0) is 67.6 Å². The first-order chi connectivity index (χ1) is 24.8. The number of H-pyrrole nitrogens is 2. The summed E-state index contributed by atoms with van der Waals surface area (Å²) in [6.07, 6.45) is 6.08. The van der Waals surface area contributed by atoms with Gasteiger partial charge in [0.05, 0.1) is 17.3 Å². The number of hydrogen-bond acceptors (Lipinski definition) is 11. The van der Waals surface area contributed by atoms with Crippen molar-refractivity contribution in [2.75, 3.05) is 25.0 Å². The SMILES string of the molecule is Cc1c(-c2cc(O)cc3ccc(F)c(-c4cn[nH]n4)c23)oc(=O)c2c(NCc3c[nH]c4ncccc34)nc(OC[C@@]34CCCN3C[C@H](F)C4)nc12. The summed E-state index contributed by atoms with van der Waals surface area (Å²) in [5.74, 6) is -0.451. The number of phenols is 1. The largest absolute Gasteiger partial charge is 0.508 e. The van der Waals surface area contributed by atoms with Gasteiger partial charge in [0.15, 0.2) is 0 Å². The van der Waals surface area contributed by atoms with Gasteiger partial charge in [-0.2, -0.15) is 25.4 Å². The first-order valence-corrected chi connectivity index (χ1v) is 16.6. The van der Waals surface area contributed by atoms with Crippen LogP contribution in [-0.2, 0) is 6.54 Å². The minimum Gasteiger partial charge on any atom is -0.508 e. The second-order valence-corrected chi connectivity index (χ2v) is 13.2. The Morgan fingerprint density at radius 3 is 2.98 bits per heavy atom. The van der Waals surface area contributed by atoms with E-state index >= 15 is 4.39 Å². The Morgan fingerprint density at radius 2 is 2.12 bits per heavy atom. The second kappa shape index (κ2) is 11.8. The van der Waals surface area contributed by atoms with Gasteiger partial charge in [-0.1, -0.05) is 6.07 Å². The highest BCUT2D eigenvalue weighted by Crippen LogP contribution is 2.43. The average Bonchev–Trinajstić information content (AvgIpc) is 3.92. The number of alkyl halides is 1. The highest BCUT2D eigenvalue weighted by Gasteiger charge is 2.49. The standard InChI is InChI=1S/C36H31F2N9O4/c1-18-30-29(34(49)51-31(18)24-11-22(48)10-19-5-6-25(38)28(27(19)24)26-15-42-46-45-26)33(41-14-20-13-40-32-23(20)4-2-8-39-32)44-35(43-30)50-17-36-7-3-9-47(36)16-21(37)12-36/h2,4-6,8,10-11,13,15,21,48H,3,7,9,12,14,16-17H2,1H3,(H,39,40)(H,41,43,44)(H,42,45,46)/t21-,36+/m1/s1. The Labute approximate surface area is 287 Å². The van der Waals surface area contributed by atoms with Gasteiger partial charge >= 0.3 is 11.6 Å². The van der Waals surface area contributed by atoms with Crippen molar-refractivity contribution in [1.82, 2.24) is 40.2 Å². The van der Waals surface area contributed by atoms with Crippen LogP contribution >= 0.6 is 0 Å². The summed E-state index contributed by atoms with van der Waals surface area (Å²) in [6, 6.07) is 9.49. The number of nitrogens with one attached hydrogen (secondary N) is 3. The van der Waals surface area contributed by atoms with Crippen molar-refractivity contribution in [2.45, 2.75) is 44.4 Å². The topological polar surface area (TPSA) is 171 Å². The van der Waals surface area contributed by atoms with Crippen molar-refractivity contribution in [2.24, 2.45) is 0 Å². The molecule has 0 spiro atoms. The quantitative estimate of drug-likeness (QED) is 0.152. The van der Waals surface area contributed by atoms with Crippen molar-refractivity contribution in [3.63, 3.8) is 0 Å². The summed E-state index contributed by atoms with van der Waals surface area (Å²) >= 11 is 0. The molecule has 9 rings (SSSR count). The van der Waals surface area contributed by atoms with E-state index in [1.165, 1.54) is 30.5 Å². The van der Waals surface area contributed by atoms with E-state index in [2.05, 4.69) is 40.6 Å². The summed E-state index contributed by atoms with van der Waals surface area (Å²) in [6.45, 7) is 3.34. The predicted octanol–water partition coefficient (Wildman–Crippen LogP) is 5.79. The van der Waals surface area contributed by atoms with Gasteiger partial charge in [0.25, 0.3) is 0 Å². The third-order valence-corrected chi connectivity index (χ3v) is 10.2. The molecule has 0 radical (unpaired) electrons. The van der Waals surface area contributed by atoms with Crippen LogP contribution in [0.5, 0.6) is 11.8 Å². The fourth-order valence-electron chi connectivity index (χ4n) is 7.84. The number of ether oxygens (including phenoxy) is 1. The lowest BCUT2D eigenvalue weighted by molar-refractivity contribution is 0.107. The second-order valence-electron chi connectivity index (χ2n) is 13.2. The molecule has 2 atom stereocenters. The number of anilines is 1. The van der Waals surface area contributed by atoms with Crippen LogP contribution in [0.2, 0.25) is 0 Å². The normalized spacial score (nSPS) is 19.0. The molecule has 15 heteroatoms. The monoisotopic (exact) mass is 691 g/mol. The molecule has 7 heterocycles. The Bertz CT molecular complexity index is 2540. The Morgan fingerprint density at radius 1 is 1.22 bits per heavy atom. The summed E-state index contributed by atoms with van der Waals surface area (Å²) in [5, 5.41) is 26.4. The van der Waals surface area contributed by atoms with Crippen LogP contribution in [0.15, 0.2) is 64.2 Å². The number of aryl methyl sites for hydroxylation is 1. The van der Waals surface area contributed by atoms with Crippen molar-refractivity contribution >= 4 is 38.5 Å². The fourth-order valence-corrected chi connectivity index (χ4v) is 7.84. The average molecular weight is 692 g/mol. The van der Waals surface area contributed by atoms with Crippen LogP contribution in [-0.4, -0.2) is 76.8 Å². The summed E-state index contributed by atoms with van der Waals surface area (Å²) in [7, 11) is 0. The summed E-state index contributed by atoms with van der Waals surface area (Å²) in [4.78, 5) is 33.1. The van der Waals surface area contributed by atoms with E-state index in [4.69, 9.17) is 14.1 Å². The van der Waals surface area contributed by atoms with Gasteiger partial charge in [-0.3, -0.25) is 4.90 Å².